The number of rotatable bonds is 3. The van der Waals surface area contributed by atoms with Crippen LogP contribution in [0.15, 0.2) is 109 Å². The largest absolute Gasteiger partial charge is 0.512 e. The van der Waals surface area contributed by atoms with Crippen LogP contribution in [0, 0.1) is 0 Å². The van der Waals surface area contributed by atoms with E-state index in [2.05, 4.69) is 92.7 Å². The molecule has 0 amide bonds. The SMILES string of the molecule is CC(=O)C(=C(C)O)c1c2ccccc2c(-c2ccc3c(c2)C(C)(C)c2cc4ccccc4cc2-3)c2ccccc12. The topological polar surface area (TPSA) is 37.3 Å². The maximum absolute atomic E-state index is 12.8. The van der Waals surface area contributed by atoms with Gasteiger partial charge in [0.1, 0.15) is 5.76 Å². The fourth-order valence-corrected chi connectivity index (χ4v) is 6.90. The highest BCUT2D eigenvalue weighted by Crippen LogP contribution is 2.52. The van der Waals surface area contributed by atoms with Gasteiger partial charge in [0.15, 0.2) is 5.78 Å². The average Bonchev–Trinajstić information content (AvgIpc) is 3.16. The van der Waals surface area contributed by atoms with Gasteiger partial charge in [-0.3, -0.25) is 4.79 Å². The number of benzene rings is 6. The molecule has 7 rings (SSSR count). The van der Waals surface area contributed by atoms with Crippen LogP contribution in [0.2, 0.25) is 0 Å². The van der Waals surface area contributed by atoms with Crippen molar-refractivity contribution >= 4 is 43.7 Å². The van der Waals surface area contributed by atoms with E-state index in [0.29, 0.717) is 5.57 Å². The first-order chi connectivity index (χ1) is 19.3. The van der Waals surface area contributed by atoms with Gasteiger partial charge in [0, 0.05) is 11.0 Å². The zero-order valence-corrected chi connectivity index (χ0v) is 23.2. The Morgan fingerprint density at radius 2 is 1.15 bits per heavy atom. The van der Waals surface area contributed by atoms with Crippen LogP contribution in [0.25, 0.3) is 60.1 Å². The molecule has 0 aliphatic heterocycles. The van der Waals surface area contributed by atoms with Crippen molar-refractivity contribution in [3.05, 3.63) is 126 Å². The highest BCUT2D eigenvalue weighted by Gasteiger charge is 2.36. The second kappa shape index (κ2) is 8.66. The van der Waals surface area contributed by atoms with Crippen LogP contribution in [0.4, 0.5) is 0 Å². The summed E-state index contributed by atoms with van der Waals surface area (Å²) in [6.07, 6.45) is 0. The second-order valence-corrected chi connectivity index (χ2v) is 11.5. The number of allylic oxidation sites excluding steroid dienone is 2. The predicted molar refractivity (Wildman–Crippen MR) is 168 cm³/mol. The molecule has 6 aromatic rings. The summed E-state index contributed by atoms with van der Waals surface area (Å²) in [6.45, 7) is 7.76. The first-order valence-corrected chi connectivity index (χ1v) is 13.8. The lowest BCUT2D eigenvalue weighted by Gasteiger charge is -2.23. The highest BCUT2D eigenvalue weighted by atomic mass is 16.3. The molecule has 1 N–H and O–H groups in total. The Hall–Kier alpha value is -4.69. The first kappa shape index (κ1) is 24.4. The zero-order valence-electron chi connectivity index (χ0n) is 23.2. The summed E-state index contributed by atoms with van der Waals surface area (Å²) in [7, 11) is 0. The van der Waals surface area contributed by atoms with Crippen molar-refractivity contribution in [2.45, 2.75) is 33.1 Å². The van der Waals surface area contributed by atoms with Crippen LogP contribution < -0.4 is 0 Å². The third-order valence-corrected chi connectivity index (χ3v) is 8.73. The molecule has 2 heteroatoms. The third-order valence-electron chi connectivity index (χ3n) is 8.73. The van der Waals surface area contributed by atoms with E-state index in [1.165, 1.54) is 39.9 Å². The zero-order chi connectivity index (χ0) is 27.8. The normalized spacial score (nSPS) is 14.3. The summed E-state index contributed by atoms with van der Waals surface area (Å²) < 4.78 is 0. The molecule has 0 saturated carbocycles. The van der Waals surface area contributed by atoms with Gasteiger partial charge in [-0.15, -0.1) is 0 Å². The van der Waals surface area contributed by atoms with Gasteiger partial charge in [0.25, 0.3) is 0 Å². The Kier molecular flexibility index (Phi) is 5.27. The molecule has 2 nitrogen and oxygen atoms in total. The van der Waals surface area contributed by atoms with E-state index < -0.39 is 0 Å². The first-order valence-electron chi connectivity index (χ1n) is 13.8. The third kappa shape index (κ3) is 3.39. The highest BCUT2D eigenvalue weighted by molar-refractivity contribution is 6.30. The van der Waals surface area contributed by atoms with Gasteiger partial charge < -0.3 is 5.11 Å². The number of hydrogen-bond acceptors (Lipinski definition) is 2. The summed E-state index contributed by atoms with van der Waals surface area (Å²) >= 11 is 0. The van der Waals surface area contributed by atoms with E-state index in [0.717, 1.165) is 38.2 Å². The molecule has 0 fully saturated rings. The lowest BCUT2D eigenvalue weighted by atomic mass is 9.80. The molecule has 0 radical (unpaired) electrons. The maximum atomic E-state index is 12.8. The smallest absolute Gasteiger partial charge is 0.163 e. The molecular formula is C38H30O2. The summed E-state index contributed by atoms with van der Waals surface area (Å²) in [5, 5.41) is 17.2. The number of Topliss-reactive ketones (excluding diaryl/α,β-unsaturated/α-hetero) is 1. The van der Waals surface area contributed by atoms with Crippen LogP contribution in [-0.2, 0) is 10.2 Å². The maximum Gasteiger partial charge on any atom is 0.163 e. The standard InChI is InChI=1S/C38H30O2/c1-22(39)35(23(2)40)37-30-15-9-7-13-28(30)36(29-14-8-10-16-31(29)37)26-17-18-27-32-19-24-11-5-6-12-25(24)20-34(32)38(3,4)33(27)21-26/h5-21,39H,1-4H3. The Bertz CT molecular complexity index is 2010. The average molecular weight is 519 g/mol. The number of carbonyl (C=O) groups excluding carboxylic acids is 1. The van der Waals surface area contributed by atoms with Crippen molar-refractivity contribution in [2.24, 2.45) is 0 Å². The van der Waals surface area contributed by atoms with E-state index in [-0.39, 0.29) is 17.0 Å². The summed E-state index contributed by atoms with van der Waals surface area (Å²) in [5.41, 5.74) is 8.60. The quantitative estimate of drug-likeness (QED) is 0.144. The molecule has 1 aliphatic rings. The fourth-order valence-electron chi connectivity index (χ4n) is 6.90. The van der Waals surface area contributed by atoms with Crippen molar-refractivity contribution in [1.82, 2.24) is 0 Å². The monoisotopic (exact) mass is 518 g/mol. The van der Waals surface area contributed by atoms with Crippen LogP contribution >= 0.6 is 0 Å². The second-order valence-electron chi connectivity index (χ2n) is 11.5. The predicted octanol–water partition coefficient (Wildman–Crippen LogP) is 10.00. The molecule has 6 aromatic carbocycles. The van der Waals surface area contributed by atoms with Gasteiger partial charge in [-0.05, 0) is 97.7 Å². The lowest BCUT2D eigenvalue weighted by molar-refractivity contribution is -0.111. The Morgan fingerprint density at radius 1 is 0.625 bits per heavy atom. The van der Waals surface area contributed by atoms with Crippen molar-refractivity contribution in [3.8, 4) is 22.3 Å². The summed E-state index contributed by atoms with van der Waals surface area (Å²) in [6, 6.07) is 36.7. The molecule has 0 spiro atoms. The number of fused-ring (bicyclic) bond motifs is 6. The van der Waals surface area contributed by atoms with E-state index in [1.807, 2.05) is 24.3 Å². The summed E-state index contributed by atoms with van der Waals surface area (Å²) in [5.74, 6) is -0.104. The fraction of sp³-hybridized carbons (Fsp3) is 0.132. The van der Waals surface area contributed by atoms with Gasteiger partial charge in [-0.2, -0.15) is 0 Å². The molecule has 194 valence electrons. The molecule has 1 aliphatic carbocycles. The number of aliphatic hydroxyl groups excluding tert-OH is 1. The minimum absolute atomic E-state index is 0.0417. The molecule has 0 aromatic heterocycles. The van der Waals surface area contributed by atoms with Crippen LogP contribution in [-0.4, -0.2) is 10.9 Å². The molecule has 0 unspecified atom stereocenters. The van der Waals surface area contributed by atoms with Gasteiger partial charge >= 0.3 is 0 Å². The minimum atomic E-state index is -0.146. The van der Waals surface area contributed by atoms with Gasteiger partial charge in [0.2, 0.25) is 0 Å². The van der Waals surface area contributed by atoms with E-state index in [9.17, 15) is 9.90 Å². The molecule has 0 heterocycles. The van der Waals surface area contributed by atoms with Gasteiger partial charge in [0.05, 0.1) is 5.57 Å². The summed E-state index contributed by atoms with van der Waals surface area (Å²) in [4.78, 5) is 12.8. The van der Waals surface area contributed by atoms with Crippen molar-refractivity contribution in [2.75, 3.05) is 0 Å². The van der Waals surface area contributed by atoms with Gasteiger partial charge in [-0.1, -0.05) is 98.8 Å². The number of ketones is 1. The Balaban J connectivity index is 1.54. The minimum Gasteiger partial charge on any atom is -0.512 e. The number of hydrogen-bond donors (Lipinski definition) is 1. The molecule has 0 bridgehead atoms. The molecule has 40 heavy (non-hydrogen) atoms. The number of aliphatic hydroxyl groups is 1. The van der Waals surface area contributed by atoms with Crippen LogP contribution in [0.3, 0.4) is 0 Å². The molecule has 0 saturated heterocycles. The van der Waals surface area contributed by atoms with E-state index in [1.54, 1.807) is 6.92 Å². The van der Waals surface area contributed by atoms with Crippen molar-refractivity contribution in [3.63, 3.8) is 0 Å². The molecule has 0 atom stereocenters. The van der Waals surface area contributed by atoms with Gasteiger partial charge in [-0.25, -0.2) is 0 Å². The van der Waals surface area contributed by atoms with E-state index >= 15 is 0 Å². The van der Waals surface area contributed by atoms with E-state index in [4.69, 9.17) is 0 Å². The van der Waals surface area contributed by atoms with Crippen molar-refractivity contribution < 1.29 is 9.90 Å². The molecular weight excluding hydrogens is 488 g/mol. The lowest BCUT2D eigenvalue weighted by Crippen LogP contribution is -2.15. The van der Waals surface area contributed by atoms with Crippen molar-refractivity contribution in [1.29, 1.82) is 0 Å². The number of carbonyl (C=O) groups is 1. The Morgan fingerprint density at radius 3 is 1.73 bits per heavy atom. The van der Waals surface area contributed by atoms with Crippen LogP contribution in [0.5, 0.6) is 0 Å². The van der Waals surface area contributed by atoms with Crippen LogP contribution in [0.1, 0.15) is 44.4 Å². The Labute approximate surface area is 234 Å².